The summed E-state index contributed by atoms with van der Waals surface area (Å²) in [6, 6.07) is 5.56. The largest absolute Gasteiger partial charge is 0.456 e. The summed E-state index contributed by atoms with van der Waals surface area (Å²) in [6.45, 7) is 1.65. The summed E-state index contributed by atoms with van der Waals surface area (Å²) in [7, 11) is 0. The van der Waals surface area contributed by atoms with Gasteiger partial charge in [-0.2, -0.15) is 0 Å². The van der Waals surface area contributed by atoms with Gasteiger partial charge in [-0.05, 0) is 30.2 Å². The number of benzene rings is 1. The zero-order chi connectivity index (χ0) is 22.5. The zero-order valence-corrected chi connectivity index (χ0v) is 17.2. The van der Waals surface area contributed by atoms with Gasteiger partial charge in [0, 0.05) is 28.5 Å². The van der Waals surface area contributed by atoms with Gasteiger partial charge in [-0.1, -0.05) is 16.9 Å². The maximum atomic E-state index is 12.8. The van der Waals surface area contributed by atoms with E-state index in [0.29, 0.717) is 10.5 Å². The van der Waals surface area contributed by atoms with Gasteiger partial charge in [-0.25, -0.2) is 4.79 Å². The fourth-order valence-corrected chi connectivity index (χ4v) is 4.73. The number of rotatable bonds is 10. The Morgan fingerprint density at radius 2 is 2.13 bits per heavy atom. The first-order chi connectivity index (χ1) is 14.8. The van der Waals surface area contributed by atoms with E-state index in [-0.39, 0.29) is 43.7 Å². The van der Waals surface area contributed by atoms with Crippen molar-refractivity contribution >= 4 is 29.3 Å². The van der Waals surface area contributed by atoms with Crippen molar-refractivity contribution in [3.8, 4) is 0 Å². The number of ether oxygens (including phenoxy) is 2. The molecule has 164 valence electrons. The lowest BCUT2D eigenvalue weighted by Gasteiger charge is -2.43. The first kappa shape index (κ1) is 22.6. The molecule has 2 aliphatic rings. The van der Waals surface area contributed by atoms with Crippen molar-refractivity contribution in [1.29, 1.82) is 0 Å². The van der Waals surface area contributed by atoms with Gasteiger partial charge in [0.2, 0.25) is 5.91 Å². The minimum atomic E-state index is -0.871. The van der Waals surface area contributed by atoms with E-state index >= 15 is 0 Å². The van der Waals surface area contributed by atoms with Crippen molar-refractivity contribution in [1.82, 2.24) is 4.90 Å². The van der Waals surface area contributed by atoms with E-state index in [1.165, 1.54) is 47.9 Å². The molecule has 2 heterocycles. The predicted molar refractivity (Wildman–Crippen MR) is 108 cm³/mol. The lowest BCUT2D eigenvalue weighted by molar-refractivity contribution is -0.384. The van der Waals surface area contributed by atoms with Crippen LogP contribution >= 0.6 is 11.8 Å². The van der Waals surface area contributed by atoms with Crippen LogP contribution < -0.4 is 0 Å². The van der Waals surface area contributed by atoms with Crippen molar-refractivity contribution in [2.24, 2.45) is 11.0 Å². The number of carbonyl (C=O) groups is 2. The Morgan fingerprint density at radius 1 is 1.42 bits per heavy atom. The smallest absolute Gasteiger partial charge is 0.356 e. The van der Waals surface area contributed by atoms with Crippen molar-refractivity contribution in [2.45, 2.75) is 25.0 Å². The SMILES string of the molecule is CC(O)C1C(=O)N2C(C(=O)OCc3ccc([N+](=O)[O-])cc3)=C(COCCN=[N+]=[N-])S[C@H]12. The quantitative estimate of drug-likeness (QED) is 0.0827. The van der Waals surface area contributed by atoms with Crippen LogP contribution in [0.4, 0.5) is 5.69 Å². The normalized spacial score (nSPS) is 20.6. The molecule has 0 saturated carbocycles. The number of nitro groups is 1. The van der Waals surface area contributed by atoms with Crippen LogP contribution in [0.5, 0.6) is 0 Å². The fourth-order valence-electron chi connectivity index (χ4n) is 3.19. The van der Waals surface area contributed by atoms with Crippen LogP contribution in [0.1, 0.15) is 12.5 Å². The summed E-state index contributed by atoms with van der Waals surface area (Å²) in [5.41, 5.74) is 8.83. The number of esters is 1. The van der Waals surface area contributed by atoms with Gasteiger partial charge in [0.15, 0.2) is 0 Å². The van der Waals surface area contributed by atoms with Gasteiger partial charge in [0.1, 0.15) is 17.7 Å². The molecule has 1 amide bonds. The molecule has 1 aromatic rings. The summed E-state index contributed by atoms with van der Waals surface area (Å²) in [5, 5.41) is 23.5. The Labute approximate surface area is 180 Å². The van der Waals surface area contributed by atoms with Gasteiger partial charge >= 0.3 is 5.97 Å². The number of hydrogen-bond donors (Lipinski definition) is 1. The molecule has 0 bridgehead atoms. The van der Waals surface area contributed by atoms with Crippen LogP contribution in [0.15, 0.2) is 40.0 Å². The van der Waals surface area contributed by atoms with Crippen LogP contribution in [-0.4, -0.2) is 58.0 Å². The Kier molecular flexibility index (Phi) is 7.13. The predicted octanol–water partition coefficient (Wildman–Crippen LogP) is 2.09. The molecule has 13 heteroatoms. The number of β-lactam (4-membered cyclic amide) rings is 1. The zero-order valence-electron chi connectivity index (χ0n) is 16.4. The Morgan fingerprint density at radius 3 is 2.74 bits per heavy atom. The van der Waals surface area contributed by atoms with Gasteiger partial charge in [-0.3, -0.25) is 19.8 Å². The van der Waals surface area contributed by atoms with E-state index in [9.17, 15) is 24.8 Å². The van der Waals surface area contributed by atoms with Crippen LogP contribution in [0.3, 0.4) is 0 Å². The van der Waals surface area contributed by atoms with Gasteiger partial charge < -0.3 is 14.6 Å². The summed E-state index contributed by atoms with van der Waals surface area (Å²) >= 11 is 1.25. The average molecular weight is 449 g/mol. The number of amides is 1. The minimum Gasteiger partial charge on any atom is -0.456 e. The lowest BCUT2D eigenvalue weighted by Crippen LogP contribution is -2.60. The summed E-state index contributed by atoms with van der Waals surface area (Å²) in [6.07, 6.45) is -0.871. The van der Waals surface area contributed by atoms with Gasteiger partial charge in [0.05, 0.1) is 30.2 Å². The molecule has 1 N–H and O–H groups in total. The number of thioether (sulfide) groups is 1. The number of nitro benzene ring substituents is 1. The second-order valence-electron chi connectivity index (χ2n) is 6.76. The third-order valence-corrected chi connectivity index (χ3v) is 6.06. The molecule has 1 saturated heterocycles. The molecule has 31 heavy (non-hydrogen) atoms. The van der Waals surface area contributed by atoms with E-state index in [0.717, 1.165) is 0 Å². The molecule has 3 rings (SSSR count). The average Bonchev–Trinajstić information content (AvgIpc) is 3.06. The Hall–Kier alpha value is -3.12. The van der Waals surface area contributed by atoms with Crippen molar-refractivity contribution < 1.29 is 29.1 Å². The summed E-state index contributed by atoms with van der Waals surface area (Å²) < 4.78 is 10.8. The molecular formula is C18H19N5O7S. The van der Waals surface area contributed by atoms with Crippen LogP contribution in [0, 0.1) is 16.0 Å². The highest BCUT2D eigenvalue weighted by atomic mass is 32.2. The number of aliphatic hydroxyl groups is 1. The lowest BCUT2D eigenvalue weighted by atomic mass is 9.92. The Bertz CT molecular complexity index is 959. The molecule has 3 atom stereocenters. The van der Waals surface area contributed by atoms with E-state index < -0.39 is 28.3 Å². The van der Waals surface area contributed by atoms with Crippen molar-refractivity contribution in [3.05, 3.63) is 61.0 Å². The Balaban J connectivity index is 1.70. The topological polar surface area (TPSA) is 168 Å². The van der Waals surface area contributed by atoms with E-state index in [1.807, 2.05) is 0 Å². The number of nitrogens with zero attached hydrogens (tertiary/aromatic N) is 5. The molecule has 12 nitrogen and oxygen atoms in total. The molecule has 2 aliphatic heterocycles. The van der Waals surface area contributed by atoms with E-state index in [2.05, 4.69) is 10.0 Å². The third-order valence-electron chi connectivity index (χ3n) is 4.71. The second kappa shape index (κ2) is 9.79. The highest BCUT2D eigenvalue weighted by Gasteiger charge is 2.57. The first-order valence-corrected chi connectivity index (χ1v) is 10.1. The maximum absolute atomic E-state index is 12.8. The molecule has 0 aromatic heterocycles. The molecule has 1 fully saturated rings. The monoisotopic (exact) mass is 449 g/mol. The third kappa shape index (κ3) is 4.80. The number of aliphatic hydroxyl groups excluding tert-OH is 1. The standard InChI is InChI=1S/C18H19N5O7S/c1-10(24)14-16(25)22-15(13(31-17(14)22)9-29-7-6-20-21-19)18(26)30-8-11-2-4-12(5-3-11)23(27)28/h2-5,10,14,17,24H,6-9H2,1H3/t10?,14?,17-/m1/s1. The highest BCUT2D eigenvalue weighted by Crippen LogP contribution is 2.50. The van der Waals surface area contributed by atoms with Crippen LogP contribution in [0.2, 0.25) is 0 Å². The second-order valence-corrected chi connectivity index (χ2v) is 7.97. The minimum absolute atomic E-state index is 0.0143. The van der Waals surface area contributed by atoms with Crippen molar-refractivity contribution in [2.75, 3.05) is 19.8 Å². The van der Waals surface area contributed by atoms with Crippen LogP contribution in [0.25, 0.3) is 10.4 Å². The molecular weight excluding hydrogens is 430 g/mol. The summed E-state index contributed by atoms with van der Waals surface area (Å²) in [4.78, 5) is 39.9. The first-order valence-electron chi connectivity index (χ1n) is 9.25. The van der Waals surface area contributed by atoms with Gasteiger partial charge in [-0.15, -0.1) is 0 Å². The molecule has 0 aliphatic carbocycles. The number of carbonyl (C=O) groups excluding carboxylic acids is 2. The number of hydrogen-bond acceptors (Lipinski definition) is 9. The van der Waals surface area contributed by atoms with E-state index in [4.69, 9.17) is 15.0 Å². The molecule has 0 radical (unpaired) electrons. The van der Waals surface area contributed by atoms with Crippen LogP contribution in [-0.2, 0) is 25.7 Å². The van der Waals surface area contributed by atoms with Crippen molar-refractivity contribution in [3.63, 3.8) is 0 Å². The maximum Gasteiger partial charge on any atom is 0.356 e. The fraction of sp³-hybridized carbons (Fsp3) is 0.444. The van der Waals surface area contributed by atoms with E-state index in [1.54, 1.807) is 0 Å². The molecule has 2 unspecified atom stereocenters. The number of non-ortho nitro benzene ring substituents is 1. The molecule has 1 aromatic carbocycles. The van der Waals surface area contributed by atoms with Gasteiger partial charge in [0.25, 0.3) is 5.69 Å². The number of fused-ring (bicyclic) bond motifs is 1. The number of azide groups is 1. The summed E-state index contributed by atoms with van der Waals surface area (Å²) in [5.74, 6) is -1.75. The highest BCUT2D eigenvalue weighted by molar-refractivity contribution is 8.04. The molecule has 0 spiro atoms.